The predicted molar refractivity (Wildman–Crippen MR) is 67.4 cm³/mol. The van der Waals surface area contributed by atoms with Crippen molar-refractivity contribution in [2.45, 2.75) is 6.42 Å². The zero-order valence-corrected chi connectivity index (χ0v) is 10.8. The van der Waals surface area contributed by atoms with Crippen molar-refractivity contribution < 1.29 is 9.53 Å². The second-order valence-corrected chi connectivity index (χ2v) is 3.98. The molecule has 0 fully saturated rings. The number of aliphatic imine (C=N–C) groups is 2. The molecule has 0 atom stereocenters. The highest BCUT2D eigenvalue weighted by atomic mass is 16.5. The van der Waals surface area contributed by atoms with Gasteiger partial charge in [0.15, 0.2) is 6.54 Å². The molecule has 0 saturated heterocycles. The monoisotopic (exact) mass is 255 g/mol. The lowest BCUT2D eigenvalue weighted by Gasteiger charge is -2.25. The fourth-order valence-electron chi connectivity index (χ4n) is 1.33. The number of rotatable bonds is 5. The van der Waals surface area contributed by atoms with E-state index in [0.717, 1.165) is 5.84 Å². The van der Waals surface area contributed by atoms with Gasteiger partial charge in [0.05, 0.1) is 6.61 Å². The minimum absolute atomic E-state index is 0.179. The third kappa shape index (κ3) is 4.11. The summed E-state index contributed by atoms with van der Waals surface area (Å²) < 4.78 is 4.84. The second kappa shape index (κ2) is 6.67. The molecule has 1 rings (SSSR count). The molecule has 0 saturated carbocycles. The van der Waals surface area contributed by atoms with Crippen LogP contribution in [0.5, 0.6) is 0 Å². The van der Waals surface area contributed by atoms with Gasteiger partial charge in [-0.1, -0.05) is 5.18 Å². The molecular formula is C10H17N5O3. The zero-order valence-electron chi connectivity index (χ0n) is 10.8. The molecule has 0 spiro atoms. The SMILES string of the molecule is CN(C)C1=NCN(C)C(CCOC(=O)CN=O)=N1. The van der Waals surface area contributed by atoms with E-state index < -0.39 is 12.5 Å². The van der Waals surface area contributed by atoms with E-state index in [0.29, 0.717) is 19.0 Å². The smallest absolute Gasteiger partial charge is 0.331 e. The van der Waals surface area contributed by atoms with Crippen LogP contribution in [0.4, 0.5) is 0 Å². The minimum atomic E-state index is -0.620. The first kappa shape index (κ1) is 14.1. The summed E-state index contributed by atoms with van der Waals surface area (Å²) in [5, 5.41) is 2.46. The van der Waals surface area contributed by atoms with Gasteiger partial charge in [0, 0.05) is 27.6 Å². The van der Waals surface area contributed by atoms with E-state index in [1.807, 2.05) is 30.9 Å². The van der Waals surface area contributed by atoms with Gasteiger partial charge in [0.25, 0.3) is 0 Å². The fourth-order valence-corrected chi connectivity index (χ4v) is 1.33. The zero-order chi connectivity index (χ0) is 13.5. The van der Waals surface area contributed by atoms with Crippen LogP contribution in [-0.4, -0.2) is 68.5 Å². The Balaban J connectivity index is 2.47. The Hall–Kier alpha value is -1.99. The molecule has 0 aromatic rings. The van der Waals surface area contributed by atoms with Crippen molar-refractivity contribution in [3.8, 4) is 0 Å². The first-order chi connectivity index (χ1) is 8.54. The Morgan fingerprint density at radius 3 is 2.89 bits per heavy atom. The van der Waals surface area contributed by atoms with Crippen molar-refractivity contribution in [1.29, 1.82) is 0 Å². The topological polar surface area (TPSA) is 86.9 Å². The average molecular weight is 255 g/mol. The third-order valence-electron chi connectivity index (χ3n) is 2.28. The van der Waals surface area contributed by atoms with E-state index in [2.05, 4.69) is 15.2 Å². The fraction of sp³-hybridized carbons (Fsp3) is 0.700. The molecule has 1 heterocycles. The van der Waals surface area contributed by atoms with Gasteiger partial charge in [-0.3, -0.25) is 0 Å². The number of carbonyl (C=O) groups excluding carboxylic acids is 1. The quantitative estimate of drug-likeness (QED) is 0.506. The van der Waals surface area contributed by atoms with E-state index in [1.165, 1.54) is 0 Å². The molecule has 0 aromatic carbocycles. The van der Waals surface area contributed by atoms with Crippen LogP contribution in [0.3, 0.4) is 0 Å². The van der Waals surface area contributed by atoms with E-state index in [9.17, 15) is 9.70 Å². The molecule has 100 valence electrons. The summed E-state index contributed by atoms with van der Waals surface area (Å²) in [6, 6.07) is 0. The summed E-state index contributed by atoms with van der Waals surface area (Å²) in [7, 11) is 5.59. The Kier molecular flexibility index (Phi) is 5.22. The van der Waals surface area contributed by atoms with Crippen molar-refractivity contribution >= 4 is 17.8 Å². The lowest BCUT2D eigenvalue weighted by molar-refractivity contribution is -0.141. The van der Waals surface area contributed by atoms with E-state index >= 15 is 0 Å². The molecule has 0 bridgehead atoms. The van der Waals surface area contributed by atoms with Gasteiger partial charge >= 0.3 is 5.97 Å². The number of carbonyl (C=O) groups is 1. The Labute approximate surface area is 105 Å². The molecule has 1 aliphatic heterocycles. The summed E-state index contributed by atoms with van der Waals surface area (Å²) in [5.41, 5.74) is 0. The van der Waals surface area contributed by atoms with E-state index in [4.69, 9.17) is 4.74 Å². The summed E-state index contributed by atoms with van der Waals surface area (Å²) in [4.78, 5) is 33.1. The van der Waals surface area contributed by atoms with Crippen molar-refractivity contribution in [3.63, 3.8) is 0 Å². The maximum absolute atomic E-state index is 10.9. The average Bonchev–Trinajstić information content (AvgIpc) is 2.31. The maximum atomic E-state index is 10.9. The van der Waals surface area contributed by atoms with Crippen LogP contribution in [0.15, 0.2) is 15.2 Å². The van der Waals surface area contributed by atoms with Crippen LogP contribution in [-0.2, 0) is 9.53 Å². The van der Waals surface area contributed by atoms with Gasteiger partial charge in [-0.15, -0.1) is 0 Å². The Bertz CT molecular complexity index is 378. The highest BCUT2D eigenvalue weighted by Gasteiger charge is 2.15. The van der Waals surface area contributed by atoms with Gasteiger partial charge in [-0.25, -0.2) is 14.8 Å². The molecule has 1 aliphatic rings. The molecule has 0 radical (unpaired) electrons. The molecule has 0 unspecified atom stereocenters. The van der Waals surface area contributed by atoms with Gasteiger partial charge in [0.2, 0.25) is 5.96 Å². The van der Waals surface area contributed by atoms with Crippen molar-refractivity contribution in [3.05, 3.63) is 4.91 Å². The van der Waals surface area contributed by atoms with Crippen LogP contribution >= 0.6 is 0 Å². The Morgan fingerprint density at radius 2 is 2.28 bits per heavy atom. The summed E-state index contributed by atoms with van der Waals surface area (Å²) >= 11 is 0. The highest BCUT2D eigenvalue weighted by Crippen LogP contribution is 2.04. The standard InChI is InChI=1S/C10H17N5O3/c1-14(2)10-11-7-15(3)8(13-10)4-5-18-9(16)6-12-17/h4-7H2,1-3H3. The molecule has 18 heavy (non-hydrogen) atoms. The number of hydrogen-bond donors (Lipinski definition) is 0. The van der Waals surface area contributed by atoms with Crippen LogP contribution in [0.1, 0.15) is 6.42 Å². The summed E-state index contributed by atoms with van der Waals surface area (Å²) in [6.45, 7) is 0.251. The predicted octanol–water partition coefficient (Wildman–Crippen LogP) is -0.0949. The first-order valence-electron chi connectivity index (χ1n) is 5.49. The number of guanidine groups is 1. The van der Waals surface area contributed by atoms with E-state index in [-0.39, 0.29) is 6.61 Å². The number of ether oxygens (including phenoxy) is 1. The van der Waals surface area contributed by atoms with Crippen LogP contribution in [0.2, 0.25) is 0 Å². The van der Waals surface area contributed by atoms with Crippen molar-refractivity contribution in [2.24, 2.45) is 15.2 Å². The van der Waals surface area contributed by atoms with Gasteiger partial charge in [-0.05, 0) is 0 Å². The number of nitroso groups, excluding NO2 is 1. The molecule has 8 nitrogen and oxygen atoms in total. The van der Waals surface area contributed by atoms with Crippen LogP contribution in [0.25, 0.3) is 0 Å². The number of hydrogen-bond acceptors (Lipinski definition) is 8. The molecule has 8 heteroatoms. The maximum Gasteiger partial charge on any atom is 0.331 e. The summed E-state index contributed by atoms with van der Waals surface area (Å²) in [5.74, 6) is 0.815. The Morgan fingerprint density at radius 1 is 1.56 bits per heavy atom. The first-order valence-corrected chi connectivity index (χ1v) is 5.49. The molecule has 0 amide bonds. The highest BCUT2D eigenvalue weighted by molar-refractivity contribution is 5.97. The normalized spacial score (nSPS) is 14.7. The molecule has 0 aliphatic carbocycles. The number of amidine groups is 1. The lowest BCUT2D eigenvalue weighted by atomic mass is 10.3. The van der Waals surface area contributed by atoms with Crippen LogP contribution in [0, 0.1) is 4.91 Å². The summed E-state index contributed by atoms with van der Waals surface area (Å²) in [6.07, 6.45) is 0.480. The van der Waals surface area contributed by atoms with Gasteiger partial charge in [0.1, 0.15) is 12.5 Å². The molecule has 0 aromatic heterocycles. The number of esters is 1. The third-order valence-corrected chi connectivity index (χ3v) is 2.28. The van der Waals surface area contributed by atoms with Crippen molar-refractivity contribution in [2.75, 3.05) is 41.0 Å². The molecular weight excluding hydrogens is 238 g/mol. The molecule has 0 N–H and O–H groups in total. The minimum Gasteiger partial charge on any atom is -0.464 e. The van der Waals surface area contributed by atoms with Gasteiger partial charge < -0.3 is 14.5 Å². The van der Waals surface area contributed by atoms with E-state index in [1.54, 1.807) is 0 Å². The van der Waals surface area contributed by atoms with Gasteiger partial charge in [-0.2, -0.15) is 4.91 Å². The van der Waals surface area contributed by atoms with Crippen molar-refractivity contribution in [1.82, 2.24) is 9.80 Å². The largest absolute Gasteiger partial charge is 0.464 e. The second-order valence-electron chi connectivity index (χ2n) is 3.98. The lowest BCUT2D eigenvalue weighted by Crippen LogP contribution is -2.36. The number of nitrogens with zero attached hydrogens (tertiary/aromatic N) is 5. The van der Waals surface area contributed by atoms with Crippen LogP contribution < -0.4 is 0 Å².